The van der Waals surface area contributed by atoms with Crippen molar-refractivity contribution in [3.8, 4) is 5.88 Å². The van der Waals surface area contributed by atoms with Gasteiger partial charge in [-0.15, -0.1) is 0 Å². The van der Waals surface area contributed by atoms with E-state index in [0.29, 0.717) is 67.1 Å². The summed E-state index contributed by atoms with van der Waals surface area (Å²) < 4.78 is 11.6. The molecule has 198 valence electrons. The van der Waals surface area contributed by atoms with E-state index in [4.69, 9.17) is 9.47 Å². The van der Waals surface area contributed by atoms with Crippen LogP contribution in [-0.4, -0.2) is 88.0 Å². The number of hydrogen-bond donors (Lipinski definition) is 1. The van der Waals surface area contributed by atoms with Gasteiger partial charge < -0.3 is 19.3 Å². The number of benzene rings is 1. The van der Waals surface area contributed by atoms with E-state index in [-0.39, 0.29) is 23.7 Å². The number of likely N-dealkylation sites (tertiary alicyclic amines) is 2. The molecular weight excluding hydrogens is 484 g/mol. The van der Waals surface area contributed by atoms with E-state index in [1.807, 2.05) is 21.9 Å². The number of carbonyl (C=O) groups excluding carboxylic acids is 2. The van der Waals surface area contributed by atoms with Gasteiger partial charge in [0.25, 0.3) is 11.8 Å². The molecule has 1 saturated carbocycles. The van der Waals surface area contributed by atoms with Gasteiger partial charge in [-0.2, -0.15) is 15.4 Å². The molecule has 2 aromatic heterocycles. The van der Waals surface area contributed by atoms with Crippen molar-refractivity contribution in [3.05, 3.63) is 47.2 Å². The smallest absolute Gasteiger partial charge is 0.255 e. The zero-order valence-corrected chi connectivity index (χ0v) is 21.3. The third kappa shape index (κ3) is 4.51. The average Bonchev–Trinajstić information content (AvgIpc) is 3.36. The van der Waals surface area contributed by atoms with Gasteiger partial charge in [0.2, 0.25) is 5.88 Å². The highest BCUT2D eigenvalue weighted by atomic mass is 16.5. The van der Waals surface area contributed by atoms with Gasteiger partial charge in [0.05, 0.1) is 12.2 Å². The number of amides is 2. The minimum atomic E-state index is 0.0109. The summed E-state index contributed by atoms with van der Waals surface area (Å²) in [6.07, 6.45) is 5.96. The summed E-state index contributed by atoms with van der Waals surface area (Å²) in [5, 5.41) is 10.7. The number of nitrogens with one attached hydrogen (secondary N) is 1. The van der Waals surface area contributed by atoms with E-state index in [1.54, 1.807) is 18.3 Å². The van der Waals surface area contributed by atoms with Gasteiger partial charge in [-0.05, 0) is 61.8 Å². The molecule has 1 unspecified atom stereocenters. The van der Waals surface area contributed by atoms with Crippen LogP contribution in [0.3, 0.4) is 0 Å². The SMILES string of the molecule is O=C(c1cnc(OCC2CCOCC2)c(C2CC2)c1)N1CC2CN(C(=O)c3ccc4n[nH]nc4c3)C[C@H]2C1. The van der Waals surface area contributed by atoms with Crippen LogP contribution in [0.25, 0.3) is 11.0 Å². The number of pyridine rings is 1. The third-order valence-corrected chi connectivity index (χ3v) is 8.56. The molecule has 3 aliphatic heterocycles. The summed E-state index contributed by atoms with van der Waals surface area (Å²) in [6.45, 7) is 4.90. The number of nitrogens with zero attached hydrogens (tertiary/aromatic N) is 5. The van der Waals surface area contributed by atoms with Crippen LogP contribution in [0.15, 0.2) is 30.5 Å². The van der Waals surface area contributed by atoms with Gasteiger partial charge in [0.1, 0.15) is 11.0 Å². The first-order chi connectivity index (χ1) is 18.6. The molecule has 2 atom stereocenters. The summed E-state index contributed by atoms with van der Waals surface area (Å²) in [4.78, 5) is 35.1. The maximum absolute atomic E-state index is 13.5. The van der Waals surface area contributed by atoms with Crippen LogP contribution in [0.4, 0.5) is 0 Å². The number of rotatable bonds is 6. The van der Waals surface area contributed by atoms with Crippen molar-refractivity contribution < 1.29 is 19.1 Å². The molecule has 5 heterocycles. The third-order valence-electron chi connectivity index (χ3n) is 8.56. The van der Waals surface area contributed by atoms with Crippen molar-refractivity contribution in [1.29, 1.82) is 0 Å². The molecule has 3 aromatic rings. The molecule has 0 radical (unpaired) electrons. The second-order valence-electron chi connectivity index (χ2n) is 11.2. The minimum absolute atomic E-state index is 0.0109. The average molecular weight is 517 g/mol. The predicted octanol–water partition coefficient (Wildman–Crippen LogP) is 2.88. The zero-order valence-electron chi connectivity index (χ0n) is 21.3. The molecule has 1 N–H and O–H groups in total. The Morgan fingerprint density at radius 2 is 1.58 bits per heavy atom. The van der Waals surface area contributed by atoms with Crippen LogP contribution in [-0.2, 0) is 4.74 Å². The lowest BCUT2D eigenvalue weighted by Gasteiger charge is -2.23. The molecule has 2 amide bonds. The van der Waals surface area contributed by atoms with Crippen molar-refractivity contribution in [1.82, 2.24) is 30.2 Å². The quantitative estimate of drug-likeness (QED) is 0.536. The highest BCUT2D eigenvalue weighted by Crippen LogP contribution is 2.44. The van der Waals surface area contributed by atoms with Crippen LogP contribution in [0.1, 0.15) is 57.9 Å². The highest BCUT2D eigenvalue weighted by Gasteiger charge is 2.43. The molecule has 0 bridgehead atoms. The van der Waals surface area contributed by atoms with Crippen molar-refractivity contribution in [2.24, 2.45) is 17.8 Å². The van der Waals surface area contributed by atoms with Gasteiger partial charge in [-0.1, -0.05) is 0 Å². The van der Waals surface area contributed by atoms with Crippen LogP contribution in [0.2, 0.25) is 0 Å². The number of fused-ring (bicyclic) bond motifs is 2. The molecule has 10 heteroatoms. The summed E-state index contributed by atoms with van der Waals surface area (Å²) in [5.41, 5.74) is 3.76. The van der Waals surface area contributed by atoms with Gasteiger partial charge >= 0.3 is 0 Å². The second kappa shape index (κ2) is 9.65. The summed E-state index contributed by atoms with van der Waals surface area (Å²) in [5.74, 6) is 2.24. The molecular formula is C28H32N6O4. The number of aromatic nitrogens is 4. The molecule has 7 rings (SSSR count). The number of hydrogen-bond acceptors (Lipinski definition) is 7. The van der Waals surface area contributed by atoms with Crippen LogP contribution in [0, 0.1) is 17.8 Å². The Hall–Kier alpha value is -3.53. The summed E-state index contributed by atoms with van der Waals surface area (Å²) in [6, 6.07) is 7.41. The molecule has 4 aliphatic rings. The topological polar surface area (TPSA) is 114 Å². The normalized spacial score (nSPS) is 23.7. The lowest BCUT2D eigenvalue weighted by Crippen LogP contribution is -2.35. The fraction of sp³-hybridized carbons (Fsp3) is 0.536. The highest BCUT2D eigenvalue weighted by molar-refractivity contribution is 5.97. The fourth-order valence-corrected chi connectivity index (χ4v) is 6.17. The van der Waals surface area contributed by atoms with Crippen molar-refractivity contribution in [2.75, 3.05) is 46.0 Å². The Kier molecular flexibility index (Phi) is 5.99. The maximum atomic E-state index is 13.5. The first-order valence-electron chi connectivity index (χ1n) is 13.7. The summed E-state index contributed by atoms with van der Waals surface area (Å²) in [7, 11) is 0. The molecule has 10 nitrogen and oxygen atoms in total. The van der Waals surface area contributed by atoms with E-state index < -0.39 is 0 Å². The number of carbonyl (C=O) groups is 2. The van der Waals surface area contributed by atoms with Crippen molar-refractivity contribution in [3.63, 3.8) is 0 Å². The lowest BCUT2D eigenvalue weighted by molar-refractivity contribution is 0.0488. The molecule has 1 aliphatic carbocycles. The Labute approximate surface area is 220 Å². The number of aromatic amines is 1. The zero-order chi connectivity index (χ0) is 25.6. The van der Waals surface area contributed by atoms with Crippen molar-refractivity contribution >= 4 is 22.8 Å². The van der Waals surface area contributed by atoms with E-state index >= 15 is 0 Å². The molecule has 0 spiro atoms. The molecule has 38 heavy (non-hydrogen) atoms. The van der Waals surface area contributed by atoms with Gasteiger partial charge in [0, 0.05) is 68.6 Å². The van der Waals surface area contributed by atoms with Gasteiger partial charge in [0.15, 0.2) is 0 Å². The van der Waals surface area contributed by atoms with E-state index in [9.17, 15) is 9.59 Å². The monoisotopic (exact) mass is 516 g/mol. The van der Waals surface area contributed by atoms with Gasteiger partial charge in [-0.25, -0.2) is 4.98 Å². The number of ether oxygens (including phenoxy) is 2. The Balaban J connectivity index is 0.989. The van der Waals surface area contributed by atoms with Crippen molar-refractivity contribution in [2.45, 2.75) is 31.6 Å². The predicted molar refractivity (Wildman–Crippen MR) is 138 cm³/mol. The van der Waals surface area contributed by atoms with E-state index in [1.165, 1.54) is 0 Å². The van der Waals surface area contributed by atoms with E-state index in [0.717, 1.165) is 50.0 Å². The van der Waals surface area contributed by atoms with Crippen LogP contribution < -0.4 is 4.74 Å². The van der Waals surface area contributed by atoms with Crippen LogP contribution >= 0.6 is 0 Å². The van der Waals surface area contributed by atoms with Gasteiger partial charge in [-0.3, -0.25) is 9.59 Å². The second-order valence-corrected chi connectivity index (χ2v) is 11.2. The van der Waals surface area contributed by atoms with Crippen LogP contribution in [0.5, 0.6) is 5.88 Å². The first-order valence-corrected chi connectivity index (χ1v) is 13.7. The Morgan fingerprint density at radius 3 is 2.29 bits per heavy atom. The first kappa shape index (κ1) is 23.6. The largest absolute Gasteiger partial charge is 0.477 e. The lowest BCUT2D eigenvalue weighted by atomic mass is 10.0. The Morgan fingerprint density at radius 1 is 0.895 bits per heavy atom. The minimum Gasteiger partial charge on any atom is -0.477 e. The summed E-state index contributed by atoms with van der Waals surface area (Å²) >= 11 is 0. The molecule has 1 aromatic carbocycles. The Bertz CT molecular complexity index is 1350. The molecule has 4 fully saturated rings. The van der Waals surface area contributed by atoms with E-state index in [2.05, 4.69) is 20.4 Å². The maximum Gasteiger partial charge on any atom is 0.255 e. The fourth-order valence-electron chi connectivity index (χ4n) is 6.17. The number of H-pyrrole nitrogens is 1. The standard InChI is InChI=1S/C28H32N6O4/c35-27(19-3-4-24-25(10-19)31-32-30-24)33-12-21-14-34(15-22(21)13-33)28(36)20-9-23(18-1-2-18)26(29-11-20)38-16-17-5-7-37-8-6-17/h3-4,9-11,17-18,21-22H,1-2,5-8,12-16H2,(H,30,31,32)/t21-,22?/m0/s1. The molecule has 3 saturated heterocycles.